The van der Waals surface area contributed by atoms with Gasteiger partial charge in [-0.05, 0) is 17.7 Å². The summed E-state index contributed by atoms with van der Waals surface area (Å²) in [5.74, 6) is -0.249. The van der Waals surface area contributed by atoms with Crippen molar-refractivity contribution in [2.75, 3.05) is 13.1 Å². The molecule has 0 radical (unpaired) electrons. The Hall–Kier alpha value is -1.20. The van der Waals surface area contributed by atoms with E-state index in [0.29, 0.717) is 25.9 Å². The molecule has 0 aliphatic carbocycles. The Bertz CT molecular complexity index is 441. The number of nitrogens with two attached hydrogens (primary N) is 1. The number of benzene rings is 1. The summed E-state index contributed by atoms with van der Waals surface area (Å²) in [7, 11) is 0. The van der Waals surface area contributed by atoms with Crippen LogP contribution < -0.4 is 5.73 Å². The first-order chi connectivity index (χ1) is 8.61. The van der Waals surface area contributed by atoms with Crippen molar-refractivity contribution >= 4 is 27.7 Å². The lowest BCUT2D eigenvalue weighted by Gasteiger charge is -2.29. The van der Waals surface area contributed by atoms with Gasteiger partial charge >= 0.3 is 0 Å². The van der Waals surface area contributed by atoms with Crippen LogP contribution in [-0.2, 0) is 9.59 Å². The lowest BCUT2D eigenvalue weighted by Crippen LogP contribution is -2.44. The fraction of sp³-hybridized carbons (Fsp3) is 0.385. The Morgan fingerprint density at radius 1 is 1.17 bits per heavy atom. The van der Waals surface area contributed by atoms with Gasteiger partial charge in [0.15, 0.2) is 0 Å². The highest BCUT2D eigenvalue weighted by Crippen LogP contribution is 2.30. The van der Waals surface area contributed by atoms with E-state index in [-0.39, 0.29) is 17.7 Å². The summed E-state index contributed by atoms with van der Waals surface area (Å²) in [4.78, 5) is 25.0. The molecule has 1 aliphatic rings. The third-order valence-corrected chi connectivity index (χ3v) is 3.67. The monoisotopic (exact) mass is 310 g/mol. The molecule has 0 bridgehead atoms. The third kappa shape index (κ3) is 2.79. The van der Waals surface area contributed by atoms with Gasteiger partial charge in [-0.25, -0.2) is 0 Å². The van der Waals surface area contributed by atoms with E-state index < -0.39 is 0 Å². The number of amides is 2. The van der Waals surface area contributed by atoms with E-state index in [1.807, 2.05) is 24.3 Å². The van der Waals surface area contributed by atoms with Crippen molar-refractivity contribution in [3.63, 3.8) is 0 Å². The Morgan fingerprint density at radius 3 is 2.22 bits per heavy atom. The lowest BCUT2D eigenvalue weighted by molar-refractivity contribution is -0.148. The van der Waals surface area contributed by atoms with Gasteiger partial charge in [0.05, 0.1) is 0 Å². The van der Waals surface area contributed by atoms with Gasteiger partial charge in [0.1, 0.15) is 0 Å². The molecule has 0 spiro atoms. The number of hydrogen-bond acceptors (Lipinski definition) is 3. The Morgan fingerprint density at radius 2 is 1.72 bits per heavy atom. The van der Waals surface area contributed by atoms with Crippen molar-refractivity contribution in [3.05, 3.63) is 34.3 Å². The Balaban J connectivity index is 2.12. The van der Waals surface area contributed by atoms with Gasteiger partial charge in [-0.1, -0.05) is 28.1 Å². The van der Waals surface area contributed by atoms with Crippen molar-refractivity contribution in [1.29, 1.82) is 0 Å². The van der Waals surface area contributed by atoms with Gasteiger partial charge in [-0.3, -0.25) is 14.5 Å². The lowest BCUT2D eigenvalue weighted by atomic mass is 9.88. The van der Waals surface area contributed by atoms with E-state index in [1.54, 1.807) is 0 Å². The molecule has 5 heteroatoms. The maximum absolute atomic E-state index is 11.9. The van der Waals surface area contributed by atoms with Gasteiger partial charge in [-0.2, -0.15) is 0 Å². The summed E-state index contributed by atoms with van der Waals surface area (Å²) in [6.07, 6.45) is 0.765. The number of carbonyl (C=O) groups is 2. The molecule has 1 fully saturated rings. The molecule has 0 saturated carbocycles. The predicted octanol–water partition coefficient (Wildman–Crippen LogP) is 1.64. The molecule has 1 aliphatic heterocycles. The highest BCUT2D eigenvalue weighted by Gasteiger charge is 2.32. The van der Waals surface area contributed by atoms with E-state index in [4.69, 9.17) is 5.73 Å². The van der Waals surface area contributed by atoms with Gasteiger partial charge < -0.3 is 5.73 Å². The molecule has 2 N–H and O–H groups in total. The molecule has 0 atom stereocenters. The fourth-order valence-electron chi connectivity index (χ4n) is 2.20. The maximum atomic E-state index is 11.9. The summed E-state index contributed by atoms with van der Waals surface area (Å²) in [6, 6.07) is 7.76. The molecule has 1 heterocycles. The Labute approximate surface area is 114 Å². The number of hydrogen-bond donors (Lipinski definition) is 1. The number of carbonyl (C=O) groups excluding carboxylic acids is 2. The SMILES string of the molecule is NCCN1C(=O)CC(c2ccc(Br)cc2)CC1=O. The number of halogens is 1. The van der Waals surface area contributed by atoms with E-state index in [9.17, 15) is 9.59 Å². The van der Waals surface area contributed by atoms with Crippen molar-refractivity contribution in [2.24, 2.45) is 5.73 Å². The molecule has 1 aromatic carbocycles. The highest BCUT2D eigenvalue weighted by molar-refractivity contribution is 9.10. The highest BCUT2D eigenvalue weighted by atomic mass is 79.9. The van der Waals surface area contributed by atoms with Crippen LogP contribution in [-0.4, -0.2) is 29.8 Å². The second kappa shape index (κ2) is 5.63. The second-order valence-electron chi connectivity index (χ2n) is 4.38. The molecule has 1 aromatic rings. The number of likely N-dealkylation sites (tertiary alicyclic amines) is 1. The molecule has 2 amide bonds. The van der Waals surface area contributed by atoms with Crippen LogP contribution in [0.15, 0.2) is 28.7 Å². The minimum Gasteiger partial charge on any atom is -0.329 e. The number of rotatable bonds is 3. The maximum Gasteiger partial charge on any atom is 0.229 e. The van der Waals surface area contributed by atoms with Crippen molar-refractivity contribution < 1.29 is 9.59 Å². The molecular weight excluding hydrogens is 296 g/mol. The smallest absolute Gasteiger partial charge is 0.229 e. The van der Waals surface area contributed by atoms with Gasteiger partial charge in [0.2, 0.25) is 11.8 Å². The standard InChI is InChI=1S/C13H15BrN2O2/c14-11-3-1-9(2-4-11)10-7-12(17)16(6-5-15)13(18)8-10/h1-4,10H,5-8,15H2. The molecule has 0 unspecified atom stereocenters. The average molecular weight is 311 g/mol. The Kier molecular flexibility index (Phi) is 4.14. The molecule has 4 nitrogen and oxygen atoms in total. The predicted molar refractivity (Wildman–Crippen MR) is 71.9 cm³/mol. The number of nitrogens with zero attached hydrogens (tertiary/aromatic N) is 1. The van der Waals surface area contributed by atoms with Crippen molar-refractivity contribution in [2.45, 2.75) is 18.8 Å². The summed E-state index contributed by atoms with van der Waals surface area (Å²) < 4.78 is 0.990. The van der Waals surface area contributed by atoms with Gasteiger partial charge in [0.25, 0.3) is 0 Å². The molecular formula is C13H15BrN2O2. The van der Waals surface area contributed by atoms with E-state index in [0.717, 1.165) is 10.0 Å². The van der Waals surface area contributed by atoms with Gasteiger partial charge in [-0.15, -0.1) is 0 Å². The van der Waals surface area contributed by atoms with Crippen LogP contribution in [0, 0.1) is 0 Å². The van der Waals surface area contributed by atoms with Gasteiger partial charge in [0, 0.05) is 36.3 Å². The fourth-order valence-corrected chi connectivity index (χ4v) is 2.47. The summed E-state index contributed by atoms with van der Waals surface area (Å²) >= 11 is 3.37. The minimum atomic E-state index is -0.121. The van der Waals surface area contributed by atoms with Crippen LogP contribution in [0.25, 0.3) is 0 Å². The van der Waals surface area contributed by atoms with E-state index >= 15 is 0 Å². The zero-order chi connectivity index (χ0) is 13.1. The van der Waals surface area contributed by atoms with Crippen molar-refractivity contribution in [1.82, 2.24) is 4.90 Å². The van der Waals surface area contributed by atoms with Crippen LogP contribution in [0.2, 0.25) is 0 Å². The average Bonchev–Trinajstić information content (AvgIpc) is 2.34. The van der Waals surface area contributed by atoms with Crippen LogP contribution in [0.4, 0.5) is 0 Å². The van der Waals surface area contributed by atoms with Crippen LogP contribution in [0.1, 0.15) is 24.3 Å². The molecule has 2 rings (SSSR count). The minimum absolute atomic E-state index is 0.00729. The van der Waals surface area contributed by atoms with Crippen LogP contribution >= 0.6 is 15.9 Å². The zero-order valence-corrected chi connectivity index (χ0v) is 11.5. The zero-order valence-electron chi connectivity index (χ0n) is 9.93. The molecule has 0 aromatic heterocycles. The quantitative estimate of drug-likeness (QED) is 0.863. The largest absolute Gasteiger partial charge is 0.329 e. The van der Waals surface area contributed by atoms with Crippen molar-refractivity contribution in [3.8, 4) is 0 Å². The van der Waals surface area contributed by atoms with E-state index in [1.165, 1.54) is 4.90 Å². The summed E-state index contributed by atoms with van der Waals surface area (Å²) in [5, 5.41) is 0. The normalized spacial score (nSPS) is 17.3. The van der Waals surface area contributed by atoms with Crippen LogP contribution in [0.3, 0.4) is 0 Å². The first kappa shape index (κ1) is 13.2. The van der Waals surface area contributed by atoms with E-state index in [2.05, 4.69) is 15.9 Å². The molecule has 96 valence electrons. The first-order valence-electron chi connectivity index (χ1n) is 5.90. The second-order valence-corrected chi connectivity index (χ2v) is 5.30. The topological polar surface area (TPSA) is 63.4 Å². The van der Waals surface area contributed by atoms with Crippen LogP contribution in [0.5, 0.6) is 0 Å². The number of piperidine rings is 1. The summed E-state index contributed by atoms with van der Waals surface area (Å²) in [5.41, 5.74) is 6.43. The first-order valence-corrected chi connectivity index (χ1v) is 6.70. The molecule has 18 heavy (non-hydrogen) atoms. The third-order valence-electron chi connectivity index (χ3n) is 3.14. The summed E-state index contributed by atoms with van der Waals surface area (Å²) in [6.45, 7) is 0.644. The molecule has 1 saturated heterocycles. The number of imide groups is 1.